The molecule has 0 fully saturated rings. The summed E-state index contributed by atoms with van der Waals surface area (Å²) in [7, 11) is 0. The predicted molar refractivity (Wildman–Crippen MR) is 72.4 cm³/mol. The highest BCUT2D eigenvalue weighted by Gasteiger charge is 2.19. The van der Waals surface area contributed by atoms with Crippen molar-refractivity contribution in [2.24, 2.45) is 5.41 Å². The molecule has 2 N–H and O–H groups in total. The minimum absolute atomic E-state index is 0.0327. The van der Waals surface area contributed by atoms with Crippen molar-refractivity contribution in [3.8, 4) is 0 Å². The maximum absolute atomic E-state index is 11.5. The number of carboxylic acid groups (broad SMARTS) is 1. The van der Waals surface area contributed by atoms with E-state index in [1.54, 1.807) is 0 Å². The molecule has 4 heteroatoms. The van der Waals surface area contributed by atoms with Gasteiger partial charge in [-0.2, -0.15) is 0 Å². The fraction of sp³-hybridized carbons (Fsp3) is 0.857. The minimum atomic E-state index is -0.758. The molecule has 18 heavy (non-hydrogen) atoms. The van der Waals surface area contributed by atoms with Gasteiger partial charge in [0.25, 0.3) is 0 Å². The molecule has 0 aliphatic heterocycles. The van der Waals surface area contributed by atoms with E-state index in [9.17, 15) is 9.59 Å². The summed E-state index contributed by atoms with van der Waals surface area (Å²) < 4.78 is 0. The van der Waals surface area contributed by atoms with Crippen molar-refractivity contribution in [1.29, 1.82) is 0 Å². The van der Waals surface area contributed by atoms with Gasteiger partial charge in [-0.05, 0) is 24.7 Å². The first-order valence-electron chi connectivity index (χ1n) is 6.86. The van der Waals surface area contributed by atoms with E-state index in [0.29, 0.717) is 19.4 Å². The van der Waals surface area contributed by atoms with E-state index in [4.69, 9.17) is 5.11 Å². The molecule has 4 nitrogen and oxygen atoms in total. The summed E-state index contributed by atoms with van der Waals surface area (Å²) in [6, 6.07) is 0. The summed E-state index contributed by atoms with van der Waals surface area (Å²) in [5.41, 5.74) is -0.0327. The van der Waals surface area contributed by atoms with Crippen LogP contribution in [0.2, 0.25) is 0 Å². The van der Waals surface area contributed by atoms with Crippen LogP contribution in [0.3, 0.4) is 0 Å². The van der Waals surface area contributed by atoms with Gasteiger partial charge in [-0.1, -0.05) is 33.6 Å². The highest BCUT2D eigenvalue weighted by molar-refractivity contribution is 5.75. The molecule has 0 aromatic carbocycles. The molecule has 0 spiro atoms. The molecule has 0 aromatic heterocycles. The maximum Gasteiger partial charge on any atom is 0.303 e. The first kappa shape index (κ1) is 16.9. The largest absolute Gasteiger partial charge is 0.481 e. The first-order valence-corrected chi connectivity index (χ1v) is 6.86. The molecule has 0 saturated carbocycles. The average Bonchev–Trinajstić information content (AvgIpc) is 2.27. The number of carbonyl (C=O) groups is 2. The molecule has 0 radical (unpaired) electrons. The van der Waals surface area contributed by atoms with Crippen molar-refractivity contribution in [3.05, 3.63) is 0 Å². The summed E-state index contributed by atoms with van der Waals surface area (Å²) in [5.74, 6) is -0.649. The summed E-state index contributed by atoms with van der Waals surface area (Å²) in [6.07, 6.45) is 5.42. The van der Waals surface area contributed by atoms with Crippen molar-refractivity contribution >= 4 is 11.9 Å². The van der Waals surface area contributed by atoms with Gasteiger partial charge in [0.2, 0.25) is 5.91 Å². The molecule has 0 aliphatic rings. The lowest BCUT2D eigenvalue weighted by Crippen LogP contribution is -2.28. The SMILES string of the molecule is CCCCCC(=O)NCCC(C)(C)CCC(=O)O. The van der Waals surface area contributed by atoms with Gasteiger partial charge in [-0.3, -0.25) is 9.59 Å². The molecular weight excluding hydrogens is 230 g/mol. The zero-order chi connectivity index (χ0) is 14.0. The van der Waals surface area contributed by atoms with E-state index in [1.807, 2.05) is 13.8 Å². The smallest absolute Gasteiger partial charge is 0.303 e. The number of amides is 1. The maximum atomic E-state index is 11.5. The number of carbonyl (C=O) groups excluding carboxylic acids is 1. The fourth-order valence-corrected chi connectivity index (χ4v) is 1.73. The Balaban J connectivity index is 3.68. The third kappa shape index (κ3) is 10.1. The Labute approximate surface area is 110 Å². The highest BCUT2D eigenvalue weighted by Crippen LogP contribution is 2.25. The van der Waals surface area contributed by atoms with Crippen molar-refractivity contribution in [2.45, 2.75) is 65.7 Å². The second-order valence-corrected chi connectivity index (χ2v) is 5.62. The Bertz CT molecular complexity index is 262. The number of aliphatic carboxylic acids is 1. The van der Waals surface area contributed by atoms with Crippen LogP contribution in [0.5, 0.6) is 0 Å². The summed E-state index contributed by atoms with van der Waals surface area (Å²) in [4.78, 5) is 22.0. The van der Waals surface area contributed by atoms with Gasteiger partial charge < -0.3 is 10.4 Å². The van der Waals surface area contributed by atoms with Crippen molar-refractivity contribution < 1.29 is 14.7 Å². The van der Waals surface area contributed by atoms with E-state index < -0.39 is 5.97 Å². The zero-order valence-corrected chi connectivity index (χ0v) is 11.9. The molecule has 0 bridgehead atoms. The van der Waals surface area contributed by atoms with Crippen LogP contribution in [-0.2, 0) is 9.59 Å². The third-order valence-corrected chi connectivity index (χ3v) is 3.15. The molecule has 0 aromatic rings. The number of unbranched alkanes of at least 4 members (excludes halogenated alkanes) is 2. The van der Waals surface area contributed by atoms with Gasteiger partial charge in [0.1, 0.15) is 0 Å². The van der Waals surface area contributed by atoms with Crippen LogP contribution in [0.1, 0.15) is 65.7 Å². The van der Waals surface area contributed by atoms with E-state index in [-0.39, 0.29) is 17.7 Å². The first-order chi connectivity index (χ1) is 8.37. The lowest BCUT2D eigenvalue weighted by Gasteiger charge is -2.23. The lowest BCUT2D eigenvalue weighted by molar-refractivity contribution is -0.137. The third-order valence-electron chi connectivity index (χ3n) is 3.15. The fourth-order valence-electron chi connectivity index (χ4n) is 1.73. The summed E-state index contributed by atoms with van der Waals surface area (Å²) in [6.45, 7) is 6.83. The van der Waals surface area contributed by atoms with Crippen LogP contribution in [0.4, 0.5) is 0 Å². The molecule has 0 saturated heterocycles. The van der Waals surface area contributed by atoms with Crippen molar-refractivity contribution in [3.63, 3.8) is 0 Å². The minimum Gasteiger partial charge on any atom is -0.481 e. The average molecular weight is 257 g/mol. The number of carboxylic acids is 1. The molecule has 106 valence electrons. The van der Waals surface area contributed by atoms with Gasteiger partial charge in [0.15, 0.2) is 0 Å². The van der Waals surface area contributed by atoms with E-state index in [2.05, 4.69) is 12.2 Å². The van der Waals surface area contributed by atoms with E-state index >= 15 is 0 Å². The van der Waals surface area contributed by atoms with Gasteiger partial charge in [-0.15, -0.1) is 0 Å². The Morgan fingerprint density at radius 2 is 1.78 bits per heavy atom. The standard InChI is InChI=1S/C14H27NO3/c1-4-5-6-7-12(16)15-11-10-14(2,3)9-8-13(17)18/h4-11H2,1-3H3,(H,15,16)(H,17,18). The van der Waals surface area contributed by atoms with Gasteiger partial charge >= 0.3 is 5.97 Å². The van der Waals surface area contributed by atoms with E-state index in [0.717, 1.165) is 25.7 Å². The van der Waals surface area contributed by atoms with E-state index in [1.165, 1.54) is 0 Å². The van der Waals surface area contributed by atoms with Crippen LogP contribution >= 0.6 is 0 Å². The number of hydrogen-bond acceptors (Lipinski definition) is 2. The quantitative estimate of drug-likeness (QED) is 0.591. The monoisotopic (exact) mass is 257 g/mol. The van der Waals surface area contributed by atoms with Crippen LogP contribution in [0.25, 0.3) is 0 Å². The Morgan fingerprint density at radius 1 is 1.11 bits per heavy atom. The Kier molecular flexibility index (Phi) is 8.42. The van der Waals surface area contributed by atoms with Gasteiger partial charge in [-0.25, -0.2) is 0 Å². The number of nitrogens with one attached hydrogen (secondary N) is 1. The summed E-state index contributed by atoms with van der Waals surface area (Å²) >= 11 is 0. The summed E-state index contributed by atoms with van der Waals surface area (Å²) in [5, 5.41) is 11.5. The zero-order valence-electron chi connectivity index (χ0n) is 11.9. The second-order valence-electron chi connectivity index (χ2n) is 5.62. The molecule has 0 aliphatic carbocycles. The highest BCUT2D eigenvalue weighted by atomic mass is 16.4. The van der Waals surface area contributed by atoms with Crippen LogP contribution in [0.15, 0.2) is 0 Å². The predicted octanol–water partition coefficient (Wildman–Crippen LogP) is 2.96. The topological polar surface area (TPSA) is 66.4 Å². The van der Waals surface area contributed by atoms with Gasteiger partial charge in [0, 0.05) is 19.4 Å². The molecule has 1 amide bonds. The van der Waals surface area contributed by atoms with Crippen LogP contribution < -0.4 is 5.32 Å². The number of hydrogen-bond donors (Lipinski definition) is 2. The molecule has 0 unspecified atom stereocenters. The molecular formula is C14H27NO3. The lowest BCUT2D eigenvalue weighted by atomic mass is 9.84. The Hall–Kier alpha value is -1.06. The molecule has 0 rings (SSSR count). The van der Waals surface area contributed by atoms with Crippen molar-refractivity contribution in [2.75, 3.05) is 6.54 Å². The second kappa shape index (κ2) is 8.95. The molecule has 0 atom stereocenters. The Morgan fingerprint density at radius 3 is 2.33 bits per heavy atom. The van der Waals surface area contributed by atoms with Crippen LogP contribution in [0, 0.1) is 5.41 Å². The molecule has 0 heterocycles. The van der Waals surface area contributed by atoms with Gasteiger partial charge in [0.05, 0.1) is 0 Å². The normalized spacial score (nSPS) is 11.3. The van der Waals surface area contributed by atoms with Crippen LogP contribution in [-0.4, -0.2) is 23.5 Å². The number of rotatable bonds is 10. The van der Waals surface area contributed by atoms with Crippen molar-refractivity contribution in [1.82, 2.24) is 5.32 Å².